The molecule has 1 unspecified atom stereocenters. The van der Waals surface area contributed by atoms with Gasteiger partial charge in [0.1, 0.15) is 6.61 Å². The molecule has 1 atom stereocenters. The highest BCUT2D eigenvalue weighted by Gasteiger charge is 2.32. The molecule has 0 bridgehead atoms. The summed E-state index contributed by atoms with van der Waals surface area (Å²) in [5.74, 6) is -0.450. The number of nitrogens with zero attached hydrogens (tertiary/aromatic N) is 2. The Bertz CT molecular complexity index is 494. The zero-order valence-electron chi connectivity index (χ0n) is 11.9. The fourth-order valence-electron chi connectivity index (χ4n) is 2.35. The largest absolute Gasteiger partial charge is 0.458 e. The average Bonchev–Trinajstić information content (AvgIpc) is 2.77. The molecule has 1 saturated heterocycles. The van der Waals surface area contributed by atoms with Gasteiger partial charge < -0.3 is 15.2 Å². The van der Waals surface area contributed by atoms with Crippen molar-refractivity contribution in [2.45, 2.75) is 45.3 Å². The van der Waals surface area contributed by atoms with E-state index in [0.29, 0.717) is 17.1 Å². The number of carbonyl (C=O) groups excluding carboxylic acids is 1. The molecule has 2 rings (SSSR count). The van der Waals surface area contributed by atoms with Crippen LogP contribution < -0.4 is 5.73 Å². The lowest BCUT2D eigenvalue weighted by atomic mass is 10.1. The van der Waals surface area contributed by atoms with E-state index in [1.807, 2.05) is 13.8 Å². The van der Waals surface area contributed by atoms with E-state index < -0.39 is 5.97 Å². The molecule has 0 aromatic carbocycles. The molecule has 2 heterocycles. The molecule has 0 aliphatic carbocycles. The summed E-state index contributed by atoms with van der Waals surface area (Å²) in [7, 11) is 1.68. The van der Waals surface area contributed by atoms with Gasteiger partial charge in [-0.1, -0.05) is 0 Å². The number of anilines is 1. The molecule has 19 heavy (non-hydrogen) atoms. The van der Waals surface area contributed by atoms with E-state index in [9.17, 15) is 4.79 Å². The number of ether oxygens (including phenoxy) is 2. The predicted molar refractivity (Wildman–Crippen MR) is 70.8 cm³/mol. The number of carbonyl (C=O) groups is 1. The van der Waals surface area contributed by atoms with Gasteiger partial charge in [0.15, 0.2) is 5.69 Å². The van der Waals surface area contributed by atoms with Crippen molar-refractivity contribution in [2.75, 3.05) is 12.3 Å². The van der Waals surface area contributed by atoms with Gasteiger partial charge >= 0.3 is 5.97 Å². The summed E-state index contributed by atoms with van der Waals surface area (Å²) in [6, 6.07) is 0. The topological polar surface area (TPSA) is 79.4 Å². The Labute approximate surface area is 112 Å². The molecule has 6 nitrogen and oxygen atoms in total. The highest BCUT2D eigenvalue weighted by molar-refractivity contribution is 5.93. The van der Waals surface area contributed by atoms with Gasteiger partial charge in [0, 0.05) is 7.05 Å². The van der Waals surface area contributed by atoms with E-state index in [4.69, 9.17) is 15.2 Å². The highest BCUT2D eigenvalue weighted by Crippen LogP contribution is 2.29. The Morgan fingerprint density at radius 2 is 2.32 bits per heavy atom. The second-order valence-corrected chi connectivity index (χ2v) is 5.61. The first-order valence-corrected chi connectivity index (χ1v) is 6.44. The molecule has 2 N–H and O–H groups in total. The van der Waals surface area contributed by atoms with Crippen LogP contribution in [0.5, 0.6) is 0 Å². The van der Waals surface area contributed by atoms with Crippen molar-refractivity contribution in [3.05, 3.63) is 11.4 Å². The Balaban J connectivity index is 1.95. The van der Waals surface area contributed by atoms with Crippen LogP contribution in [0.4, 0.5) is 5.69 Å². The van der Waals surface area contributed by atoms with Gasteiger partial charge in [-0.3, -0.25) is 4.68 Å². The Morgan fingerprint density at radius 3 is 2.79 bits per heavy atom. The Kier molecular flexibility index (Phi) is 3.54. The van der Waals surface area contributed by atoms with Crippen molar-refractivity contribution in [2.24, 2.45) is 7.05 Å². The number of aromatic nitrogens is 2. The predicted octanol–water partition coefficient (Wildman–Crippen LogP) is 1.43. The van der Waals surface area contributed by atoms with Gasteiger partial charge in [0.05, 0.1) is 23.1 Å². The molecule has 0 amide bonds. The van der Waals surface area contributed by atoms with Crippen molar-refractivity contribution in [3.63, 3.8) is 0 Å². The number of esters is 1. The van der Waals surface area contributed by atoms with Crippen LogP contribution in [0.2, 0.25) is 0 Å². The van der Waals surface area contributed by atoms with E-state index in [-0.39, 0.29) is 18.3 Å². The second kappa shape index (κ2) is 4.85. The minimum Gasteiger partial charge on any atom is -0.458 e. The van der Waals surface area contributed by atoms with Gasteiger partial charge in [-0.2, -0.15) is 5.10 Å². The summed E-state index contributed by atoms with van der Waals surface area (Å²) in [5.41, 5.74) is 7.00. The first-order valence-electron chi connectivity index (χ1n) is 6.44. The maximum absolute atomic E-state index is 12.0. The highest BCUT2D eigenvalue weighted by atomic mass is 16.6. The molecule has 0 radical (unpaired) electrons. The number of aryl methyl sites for hydroxylation is 2. The molecular weight excluding hydrogens is 246 g/mol. The van der Waals surface area contributed by atoms with Crippen molar-refractivity contribution < 1.29 is 14.3 Å². The maximum atomic E-state index is 12.0. The van der Waals surface area contributed by atoms with Crippen LogP contribution in [-0.2, 0) is 16.5 Å². The number of hydrogen-bond donors (Lipinski definition) is 1. The first-order chi connectivity index (χ1) is 8.80. The van der Waals surface area contributed by atoms with E-state index in [1.165, 1.54) is 4.68 Å². The third-order valence-corrected chi connectivity index (χ3v) is 3.42. The normalized spacial score (nSPS) is 21.6. The zero-order valence-corrected chi connectivity index (χ0v) is 11.9. The van der Waals surface area contributed by atoms with Crippen molar-refractivity contribution in [3.8, 4) is 0 Å². The van der Waals surface area contributed by atoms with Crippen LogP contribution in [0.1, 0.15) is 42.9 Å². The fourth-order valence-corrected chi connectivity index (χ4v) is 2.35. The van der Waals surface area contributed by atoms with Crippen molar-refractivity contribution in [1.29, 1.82) is 0 Å². The molecule has 1 aliphatic heterocycles. The van der Waals surface area contributed by atoms with Gasteiger partial charge in [-0.15, -0.1) is 0 Å². The van der Waals surface area contributed by atoms with E-state index in [2.05, 4.69) is 5.10 Å². The molecule has 106 valence electrons. The quantitative estimate of drug-likeness (QED) is 0.838. The van der Waals surface area contributed by atoms with Crippen LogP contribution in [0.15, 0.2) is 0 Å². The minimum atomic E-state index is -0.450. The number of nitrogen functional groups attached to an aromatic ring is 1. The van der Waals surface area contributed by atoms with E-state index in [0.717, 1.165) is 12.8 Å². The lowest BCUT2D eigenvalue weighted by molar-refractivity contribution is -0.0447. The molecule has 1 aromatic heterocycles. The number of hydrogen-bond acceptors (Lipinski definition) is 5. The van der Waals surface area contributed by atoms with Crippen LogP contribution in [0.3, 0.4) is 0 Å². The standard InChI is InChI=1S/C13H21N3O3/c1-8-10(14)11(16(4)15-8)12(17)18-7-9-5-6-13(2,3)19-9/h9H,5-7,14H2,1-4H3. The summed E-state index contributed by atoms with van der Waals surface area (Å²) < 4.78 is 12.5. The summed E-state index contributed by atoms with van der Waals surface area (Å²) in [6.45, 7) is 6.09. The number of nitrogens with two attached hydrogens (primary N) is 1. The minimum absolute atomic E-state index is 0.0329. The lowest BCUT2D eigenvalue weighted by Crippen LogP contribution is -2.24. The van der Waals surface area contributed by atoms with Gasteiger partial charge in [0.2, 0.25) is 0 Å². The Hall–Kier alpha value is -1.56. The summed E-state index contributed by atoms with van der Waals surface area (Å²) >= 11 is 0. The molecular formula is C13H21N3O3. The van der Waals surface area contributed by atoms with Crippen LogP contribution in [-0.4, -0.2) is 34.1 Å². The fraction of sp³-hybridized carbons (Fsp3) is 0.692. The average molecular weight is 267 g/mol. The van der Waals surface area contributed by atoms with Gasteiger partial charge in [-0.25, -0.2) is 4.79 Å². The summed E-state index contributed by atoms with van der Waals surface area (Å²) in [5, 5.41) is 4.09. The Morgan fingerprint density at radius 1 is 1.63 bits per heavy atom. The molecule has 1 aromatic rings. The smallest absolute Gasteiger partial charge is 0.358 e. The van der Waals surface area contributed by atoms with Crippen LogP contribution >= 0.6 is 0 Å². The maximum Gasteiger partial charge on any atom is 0.358 e. The summed E-state index contributed by atoms with van der Waals surface area (Å²) in [6.07, 6.45) is 1.84. The zero-order chi connectivity index (χ0) is 14.2. The van der Waals surface area contributed by atoms with Crippen molar-refractivity contribution >= 4 is 11.7 Å². The lowest BCUT2D eigenvalue weighted by Gasteiger charge is -2.19. The van der Waals surface area contributed by atoms with Crippen molar-refractivity contribution in [1.82, 2.24) is 9.78 Å². The SMILES string of the molecule is Cc1nn(C)c(C(=O)OCC2CCC(C)(C)O2)c1N. The van der Waals surface area contributed by atoms with Crippen LogP contribution in [0, 0.1) is 6.92 Å². The molecule has 0 spiro atoms. The summed E-state index contributed by atoms with van der Waals surface area (Å²) in [4.78, 5) is 12.0. The monoisotopic (exact) mass is 267 g/mol. The first kappa shape index (κ1) is 13.9. The van der Waals surface area contributed by atoms with Crippen LogP contribution in [0.25, 0.3) is 0 Å². The van der Waals surface area contributed by atoms with E-state index >= 15 is 0 Å². The third-order valence-electron chi connectivity index (χ3n) is 3.42. The number of rotatable bonds is 3. The molecule has 0 saturated carbocycles. The van der Waals surface area contributed by atoms with E-state index in [1.54, 1.807) is 14.0 Å². The molecule has 6 heteroatoms. The molecule has 1 fully saturated rings. The molecule has 1 aliphatic rings. The van der Waals surface area contributed by atoms with Gasteiger partial charge in [0.25, 0.3) is 0 Å². The third kappa shape index (κ3) is 2.89. The second-order valence-electron chi connectivity index (χ2n) is 5.61. The van der Waals surface area contributed by atoms with Gasteiger partial charge in [-0.05, 0) is 33.6 Å².